The summed E-state index contributed by atoms with van der Waals surface area (Å²) in [7, 11) is 1.66. The van der Waals surface area contributed by atoms with Gasteiger partial charge in [0.15, 0.2) is 0 Å². The van der Waals surface area contributed by atoms with Gasteiger partial charge < -0.3 is 15.2 Å². The smallest absolute Gasteiger partial charge is 0.120 e. The van der Waals surface area contributed by atoms with E-state index in [1.165, 1.54) is 5.56 Å². The third-order valence-corrected chi connectivity index (χ3v) is 3.74. The third kappa shape index (κ3) is 4.13. The Kier molecular flexibility index (Phi) is 5.48. The van der Waals surface area contributed by atoms with E-state index in [9.17, 15) is 5.11 Å². The lowest BCUT2D eigenvalue weighted by molar-refractivity contribution is 0.414. The molecule has 0 aromatic heterocycles. The van der Waals surface area contributed by atoms with E-state index in [0.717, 1.165) is 17.7 Å². The molecule has 2 rings (SSSR count). The summed E-state index contributed by atoms with van der Waals surface area (Å²) >= 11 is 5.96. The Balaban J connectivity index is 2.06. The first kappa shape index (κ1) is 15.7. The number of benzene rings is 2. The standard InChI is InChI=1S/C17H20ClNO2/c1-3-16(12-4-7-15(21-2)8-5-12)19-11-13-10-14(18)6-9-17(13)20/h4-10,16,19-20H,3,11H2,1-2H3. The van der Waals surface area contributed by atoms with E-state index in [1.54, 1.807) is 25.3 Å². The SMILES string of the molecule is CCC(NCc1cc(Cl)ccc1O)c1ccc(OC)cc1. The molecule has 0 amide bonds. The first-order valence-corrected chi connectivity index (χ1v) is 7.36. The second kappa shape index (κ2) is 7.34. The molecule has 0 saturated carbocycles. The fraction of sp³-hybridized carbons (Fsp3) is 0.294. The van der Waals surface area contributed by atoms with E-state index >= 15 is 0 Å². The maximum Gasteiger partial charge on any atom is 0.120 e. The quantitative estimate of drug-likeness (QED) is 0.836. The van der Waals surface area contributed by atoms with E-state index in [0.29, 0.717) is 11.6 Å². The van der Waals surface area contributed by atoms with Gasteiger partial charge in [0.25, 0.3) is 0 Å². The number of hydrogen-bond donors (Lipinski definition) is 2. The van der Waals surface area contributed by atoms with Crippen LogP contribution in [0.4, 0.5) is 0 Å². The van der Waals surface area contributed by atoms with Crippen molar-refractivity contribution >= 4 is 11.6 Å². The number of phenols is 1. The predicted molar refractivity (Wildman–Crippen MR) is 86.0 cm³/mol. The number of methoxy groups -OCH3 is 1. The van der Waals surface area contributed by atoms with Crippen LogP contribution < -0.4 is 10.1 Å². The van der Waals surface area contributed by atoms with E-state index in [1.807, 2.05) is 12.1 Å². The van der Waals surface area contributed by atoms with Crippen molar-refractivity contribution in [3.63, 3.8) is 0 Å². The molecule has 0 fully saturated rings. The minimum atomic E-state index is 0.217. The molecule has 0 heterocycles. The largest absolute Gasteiger partial charge is 0.508 e. The maximum atomic E-state index is 9.84. The van der Waals surface area contributed by atoms with Gasteiger partial charge in [-0.3, -0.25) is 0 Å². The molecule has 0 aliphatic rings. The Morgan fingerprint density at radius 1 is 1.19 bits per heavy atom. The molecule has 0 aliphatic carbocycles. The summed E-state index contributed by atoms with van der Waals surface area (Å²) in [6.45, 7) is 2.69. The molecular formula is C17H20ClNO2. The number of nitrogens with one attached hydrogen (secondary N) is 1. The van der Waals surface area contributed by atoms with Gasteiger partial charge in [-0.2, -0.15) is 0 Å². The lowest BCUT2D eigenvalue weighted by Gasteiger charge is -2.18. The summed E-state index contributed by atoms with van der Waals surface area (Å²) in [5, 5.41) is 13.9. The van der Waals surface area contributed by atoms with Crippen molar-refractivity contribution in [2.45, 2.75) is 25.9 Å². The molecule has 0 radical (unpaired) electrons. The van der Waals surface area contributed by atoms with Crippen LogP contribution in [0, 0.1) is 0 Å². The Morgan fingerprint density at radius 3 is 2.52 bits per heavy atom. The molecule has 0 spiro atoms. The highest BCUT2D eigenvalue weighted by Crippen LogP contribution is 2.24. The van der Waals surface area contributed by atoms with E-state index in [-0.39, 0.29) is 11.8 Å². The summed E-state index contributed by atoms with van der Waals surface area (Å²) in [5.41, 5.74) is 1.99. The molecule has 3 nitrogen and oxygen atoms in total. The molecule has 1 atom stereocenters. The van der Waals surface area contributed by atoms with Crippen molar-refractivity contribution in [3.8, 4) is 11.5 Å². The zero-order valence-electron chi connectivity index (χ0n) is 12.3. The molecular weight excluding hydrogens is 286 g/mol. The average molecular weight is 306 g/mol. The lowest BCUT2D eigenvalue weighted by atomic mass is 10.0. The number of ether oxygens (including phenoxy) is 1. The second-order valence-electron chi connectivity index (χ2n) is 4.89. The summed E-state index contributed by atoms with van der Waals surface area (Å²) in [6.07, 6.45) is 0.952. The lowest BCUT2D eigenvalue weighted by Crippen LogP contribution is -2.20. The zero-order chi connectivity index (χ0) is 15.2. The van der Waals surface area contributed by atoms with Gasteiger partial charge in [-0.25, -0.2) is 0 Å². The molecule has 2 aromatic rings. The topological polar surface area (TPSA) is 41.5 Å². The Labute approximate surface area is 130 Å². The average Bonchev–Trinajstić information content (AvgIpc) is 2.51. The van der Waals surface area contributed by atoms with Crippen molar-refractivity contribution in [2.24, 2.45) is 0 Å². The van der Waals surface area contributed by atoms with Crippen LogP contribution in [0.2, 0.25) is 5.02 Å². The number of aromatic hydroxyl groups is 1. The van der Waals surface area contributed by atoms with E-state index in [4.69, 9.17) is 16.3 Å². The highest BCUT2D eigenvalue weighted by atomic mass is 35.5. The van der Waals surface area contributed by atoms with Crippen molar-refractivity contribution in [1.29, 1.82) is 0 Å². The van der Waals surface area contributed by atoms with Gasteiger partial charge in [-0.15, -0.1) is 0 Å². The van der Waals surface area contributed by atoms with Crippen LogP contribution in [0.25, 0.3) is 0 Å². The second-order valence-corrected chi connectivity index (χ2v) is 5.32. The van der Waals surface area contributed by atoms with Crippen LogP contribution in [0.5, 0.6) is 11.5 Å². The van der Waals surface area contributed by atoms with Gasteiger partial charge in [-0.05, 0) is 42.3 Å². The highest BCUT2D eigenvalue weighted by molar-refractivity contribution is 6.30. The molecule has 2 N–H and O–H groups in total. The molecule has 4 heteroatoms. The Hall–Kier alpha value is -1.71. The maximum absolute atomic E-state index is 9.84. The molecule has 112 valence electrons. The summed E-state index contributed by atoms with van der Waals surface area (Å²) < 4.78 is 5.17. The molecule has 0 aliphatic heterocycles. The van der Waals surface area contributed by atoms with Crippen molar-refractivity contribution < 1.29 is 9.84 Å². The minimum Gasteiger partial charge on any atom is -0.508 e. The van der Waals surface area contributed by atoms with Gasteiger partial charge in [0.05, 0.1) is 7.11 Å². The van der Waals surface area contributed by atoms with Crippen LogP contribution >= 0.6 is 11.6 Å². The Morgan fingerprint density at radius 2 is 1.90 bits per heavy atom. The number of halogens is 1. The van der Waals surface area contributed by atoms with Crippen LogP contribution in [-0.2, 0) is 6.54 Å². The highest BCUT2D eigenvalue weighted by Gasteiger charge is 2.10. The number of phenolic OH excluding ortho intramolecular Hbond substituents is 1. The summed E-state index contributed by atoms with van der Waals surface area (Å²) in [5.74, 6) is 1.11. The summed E-state index contributed by atoms with van der Waals surface area (Å²) in [4.78, 5) is 0. The molecule has 21 heavy (non-hydrogen) atoms. The van der Waals surface area contributed by atoms with Gasteiger partial charge in [0, 0.05) is 23.2 Å². The molecule has 0 saturated heterocycles. The van der Waals surface area contributed by atoms with Gasteiger partial charge in [-0.1, -0.05) is 30.7 Å². The monoisotopic (exact) mass is 305 g/mol. The number of rotatable bonds is 6. The molecule has 2 aromatic carbocycles. The minimum absolute atomic E-state index is 0.217. The number of hydrogen-bond acceptors (Lipinski definition) is 3. The van der Waals surface area contributed by atoms with Gasteiger partial charge in [0.1, 0.15) is 11.5 Å². The fourth-order valence-electron chi connectivity index (χ4n) is 2.26. The van der Waals surface area contributed by atoms with Crippen LogP contribution in [0.15, 0.2) is 42.5 Å². The van der Waals surface area contributed by atoms with Crippen molar-refractivity contribution in [1.82, 2.24) is 5.32 Å². The fourth-order valence-corrected chi connectivity index (χ4v) is 2.46. The van der Waals surface area contributed by atoms with E-state index < -0.39 is 0 Å². The molecule has 0 bridgehead atoms. The predicted octanol–water partition coefficient (Wildman–Crippen LogP) is 4.30. The van der Waals surface area contributed by atoms with Gasteiger partial charge >= 0.3 is 0 Å². The zero-order valence-corrected chi connectivity index (χ0v) is 13.0. The normalized spacial score (nSPS) is 12.1. The van der Waals surface area contributed by atoms with Crippen molar-refractivity contribution in [3.05, 3.63) is 58.6 Å². The third-order valence-electron chi connectivity index (χ3n) is 3.51. The first-order chi connectivity index (χ1) is 10.1. The summed E-state index contributed by atoms with van der Waals surface area (Å²) in [6, 6.07) is 13.3. The van der Waals surface area contributed by atoms with Crippen LogP contribution in [0.1, 0.15) is 30.5 Å². The van der Waals surface area contributed by atoms with E-state index in [2.05, 4.69) is 24.4 Å². The van der Waals surface area contributed by atoms with Gasteiger partial charge in [0.2, 0.25) is 0 Å². The van der Waals surface area contributed by atoms with Crippen LogP contribution in [0.3, 0.4) is 0 Å². The van der Waals surface area contributed by atoms with Crippen molar-refractivity contribution in [2.75, 3.05) is 7.11 Å². The van der Waals surface area contributed by atoms with Crippen LogP contribution in [-0.4, -0.2) is 12.2 Å². The first-order valence-electron chi connectivity index (χ1n) is 6.98. The Bertz CT molecular complexity index is 584. The molecule has 1 unspecified atom stereocenters.